The molecule has 0 fully saturated rings. The molecule has 2 atom stereocenters. The minimum Gasteiger partial charge on any atom is -0.294 e. The summed E-state index contributed by atoms with van der Waals surface area (Å²) in [4.78, 5) is 12.6. The van der Waals surface area contributed by atoms with Crippen LogP contribution in [0.3, 0.4) is 0 Å². The summed E-state index contributed by atoms with van der Waals surface area (Å²) in [6, 6.07) is 7.01. The number of hydrogen-bond donors (Lipinski definition) is 0. The molecule has 3 nitrogen and oxygen atoms in total. The zero-order valence-electron chi connectivity index (χ0n) is 19.4. The van der Waals surface area contributed by atoms with Gasteiger partial charge in [-0.1, -0.05) is 75.9 Å². The highest BCUT2D eigenvalue weighted by atomic mass is 79.9. The van der Waals surface area contributed by atoms with E-state index >= 15 is 0 Å². The maximum atomic E-state index is 14.4. The second-order valence-electron chi connectivity index (χ2n) is 8.73. The quantitative estimate of drug-likeness (QED) is 0.144. The molecule has 0 amide bonds. The van der Waals surface area contributed by atoms with Gasteiger partial charge in [0.1, 0.15) is 5.75 Å². The Labute approximate surface area is 235 Å². The van der Waals surface area contributed by atoms with E-state index in [1.54, 1.807) is 0 Å². The maximum Gasteiger partial charge on any atom is 0.402 e. The lowest BCUT2D eigenvalue weighted by Crippen LogP contribution is -2.28. The van der Waals surface area contributed by atoms with Gasteiger partial charge >= 0.3 is 6.18 Å². The molecule has 0 heterocycles. The molecule has 204 valence electrons. The standard InChI is InChI=1S/C24H21BrCl3F5O3S/c1-13(11-37(35,36)12-24(31,32)33)7-21(34)16-5-3-14(8-18(16)25)4-6-17(23(2,29)30)15-9-19(26)22(28)20(27)10-15/h3-6,8-10,13,17H,7,11-12H2,1-2H3/b6-4+/t13-,17?/m0/s1. The smallest absolute Gasteiger partial charge is 0.294 e. The van der Waals surface area contributed by atoms with E-state index in [0.717, 1.165) is 6.92 Å². The summed E-state index contributed by atoms with van der Waals surface area (Å²) in [7, 11) is -4.42. The first kappa shape index (κ1) is 32.0. The molecule has 0 bridgehead atoms. The molecule has 0 spiro atoms. The van der Waals surface area contributed by atoms with Gasteiger partial charge in [0.2, 0.25) is 0 Å². The number of ketones is 1. The van der Waals surface area contributed by atoms with Gasteiger partial charge in [-0.25, -0.2) is 17.2 Å². The Hall–Kier alpha value is -1.20. The largest absolute Gasteiger partial charge is 0.402 e. The number of halogens is 9. The van der Waals surface area contributed by atoms with E-state index < -0.39 is 51.1 Å². The van der Waals surface area contributed by atoms with Crippen LogP contribution in [-0.2, 0) is 9.84 Å². The first-order chi connectivity index (χ1) is 16.8. The van der Waals surface area contributed by atoms with Crippen molar-refractivity contribution in [1.82, 2.24) is 0 Å². The topological polar surface area (TPSA) is 51.2 Å². The number of allylic oxidation sites excluding steroid dienone is 1. The molecule has 0 saturated heterocycles. The summed E-state index contributed by atoms with van der Waals surface area (Å²) in [5, 5.41) is 0.0985. The van der Waals surface area contributed by atoms with Gasteiger partial charge in [0.25, 0.3) is 5.92 Å². The van der Waals surface area contributed by atoms with Crippen LogP contribution in [0.4, 0.5) is 22.0 Å². The molecule has 0 radical (unpaired) electrons. The van der Waals surface area contributed by atoms with Crippen LogP contribution in [0.5, 0.6) is 0 Å². The molecular weight excluding hydrogens is 650 g/mol. The lowest BCUT2D eigenvalue weighted by Gasteiger charge is -2.22. The number of carbonyl (C=O) groups excluding carboxylic acids is 1. The SMILES string of the molecule is C[C@@H](CC(=O)c1ccc(/C=C/C(c2cc(Cl)c(Cl)c(Cl)c2)C(C)(F)F)cc1Br)CS(=O)(=O)CC(F)(F)F. The Morgan fingerprint density at radius 2 is 1.62 bits per heavy atom. The van der Waals surface area contributed by atoms with E-state index in [1.807, 2.05) is 0 Å². The second kappa shape index (κ2) is 12.3. The first-order valence-corrected chi connectivity index (χ1v) is 14.3. The van der Waals surface area contributed by atoms with Gasteiger partial charge in [-0.05, 0) is 41.3 Å². The van der Waals surface area contributed by atoms with Gasteiger partial charge in [-0.2, -0.15) is 13.2 Å². The molecule has 2 aromatic carbocycles. The number of sulfone groups is 1. The summed E-state index contributed by atoms with van der Waals surface area (Å²) in [5.41, 5.74) is 0.777. The summed E-state index contributed by atoms with van der Waals surface area (Å²) in [6.45, 7) is 2.11. The van der Waals surface area contributed by atoms with Crippen LogP contribution in [0.2, 0.25) is 15.1 Å². The Morgan fingerprint density at radius 3 is 2.11 bits per heavy atom. The van der Waals surface area contributed by atoms with Crippen molar-refractivity contribution in [3.05, 3.63) is 72.6 Å². The van der Waals surface area contributed by atoms with Crippen molar-refractivity contribution in [2.24, 2.45) is 5.92 Å². The Bertz CT molecular complexity index is 1270. The third kappa shape index (κ3) is 9.80. The fourth-order valence-corrected chi connectivity index (χ4v) is 6.46. The molecule has 0 aliphatic carbocycles. The van der Waals surface area contributed by atoms with Crippen molar-refractivity contribution in [1.29, 1.82) is 0 Å². The predicted octanol–water partition coefficient (Wildman–Crippen LogP) is 9.05. The van der Waals surface area contributed by atoms with Gasteiger partial charge in [0, 0.05) is 23.4 Å². The lowest BCUT2D eigenvalue weighted by molar-refractivity contribution is -0.106. The highest BCUT2D eigenvalue weighted by Gasteiger charge is 2.36. The summed E-state index contributed by atoms with van der Waals surface area (Å²) < 4.78 is 89.8. The van der Waals surface area contributed by atoms with E-state index in [-0.39, 0.29) is 32.6 Å². The summed E-state index contributed by atoms with van der Waals surface area (Å²) in [6.07, 6.45) is -2.48. The molecule has 2 rings (SSSR count). The van der Waals surface area contributed by atoms with Crippen molar-refractivity contribution in [2.75, 3.05) is 11.5 Å². The predicted molar refractivity (Wildman–Crippen MR) is 141 cm³/mol. The monoisotopic (exact) mass is 668 g/mol. The minimum atomic E-state index is -4.86. The number of carbonyl (C=O) groups is 1. The van der Waals surface area contributed by atoms with Crippen molar-refractivity contribution in [2.45, 2.75) is 38.3 Å². The Morgan fingerprint density at radius 1 is 1.05 bits per heavy atom. The molecule has 0 aliphatic rings. The fraction of sp³-hybridized carbons (Fsp3) is 0.375. The first-order valence-electron chi connectivity index (χ1n) is 10.6. The average molecular weight is 671 g/mol. The van der Waals surface area contributed by atoms with E-state index in [0.29, 0.717) is 10.0 Å². The normalized spacial score (nSPS) is 14.7. The third-order valence-electron chi connectivity index (χ3n) is 5.14. The average Bonchev–Trinajstić information content (AvgIpc) is 2.68. The van der Waals surface area contributed by atoms with Crippen LogP contribution in [0.25, 0.3) is 6.08 Å². The van der Waals surface area contributed by atoms with E-state index in [2.05, 4.69) is 15.9 Å². The number of rotatable bonds is 10. The number of alkyl halides is 5. The lowest BCUT2D eigenvalue weighted by atomic mass is 9.92. The molecule has 1 unspecified atom stereocenters. The van der Waals surface area contributed by atoms with Gasteiger partial charge in [-0.3, -0.25) is 4.79 Å². The van der Waals surface area contributed by atoms with Crippen molar-refractivity contribution in [3.63, 3.8) is 0 Å². The molecule has 0 N–H and O–H groups in total. The minimum absolute atomic E-state index is 0.0258. The number of Topliss-reactive ketones (excluding diaryl/α,β-unsaturated/α-hetero) is 1. The van der Waals surface area contributed by atoms with Crippen molar-refractivity contribution < 1.29 is 35.2 Å². The van der Waals surface area contributed by atoms with Gasteiger partial charge < -0.3 is 0 Å². The Balaban J connectivity index is 2.21. The molecule has 0 aliphatic heterocycles. The van der Waals surface area contributed by atoms with Crippen molar-refractivity contribution in [3.8, 4) is 0 Å². The van der Waals surface area contributed by atoms with Crippen LogP contribution < -0.4 is 0 Å². The van der Waals surface area contributed by atoms with Gasteiger partial charge in [-0.15, -0.1) is 0 Å². The van der Waals surface area contributed by atoms with Crippen molar-refractivity contribution >= 4 is 72.4 Å². The van der Waals surface area contributed by atoms with Crippen LogP contribution in [0.15, 0.2) is 40.9 Å². The third-order valence-corrected chi connectivity index (χ3v) is 8.84. The van der Waals surface area contributed by atoms with Crippen LogP contribution in [0.1, 0.15) is 47.7 Å². The maximum absolute atomic E-state index is 14.4. The van der Waals surface area contributed by atoms with E-state index in [4.69, 9.17) is 34.8 Å². The number of hydrogen-bond acceptors (Lipinski definition) is 3. The van der Waals surface area contributed by atoms with Gasteiger partial charge in [0.05, 0.1) is 26.7 Å². The number of benzene rings is 2. The van der Waals surface area contributed by atoms with Crippen LogP contribution in [0, 0.1) is 5.92 Å². The molecule has 37 heavy (non-hydrogen) atoms. The zero-order chi connectivity index (χ0) is 28.3. The molecule has 0 aromatic heterocycles. The van der Waals surface area contributed by atoms with Crippen LogP contribution >= 0.6 is 50.7 Å². The highest BCUT2D eigenvalue weighted by molar-refractivity contribution is 9.10. The van der Waals surface area contributed by atoms with E-state index in [1.165, 1.54) is 49.4 Å². The summed E-state index contributed by atoms with van der Waals surface area (Å²) >= 11 is 21.1. The molecule has 0 saturated carbocycles. The Kier molecular flexibility index (Phi) is 10.7. The highest BCUT2D eigenvalue weighted by Crippen LogP contribution is 2.40. The fourth-order valence-electron chi connectivity index (χ4n) is 3.62. The molecule has 13 heteroatoms. The van der Waals surface area contributed by atoms with E-state index in [9.17, 15) is 35.2 Å². The van der Waals surface area contributed by atoms with Crippen LogP contribution in [-0.4, -0.2) is 37.8 Å². The second-order valence-corrected chi connectivity index (χ2v) is 12.9. The molecule has 2 aromatic rings. The summed E-state index contributed by atoms with van der Waals surface area (Å²) in [5.74, 6) is -8.67. The zero-order valence-corrected chi connectivity index (χ0v) is 24.0. The van der Waals surface area contributed by atoms with Gasteiger partial charge in [0.15, 0.2) is 15.6 Å². The molecular formula is C24H21BrCl3F5O3S.